The summed E-state index contributed by atoms with van der Waals surface area (Å²) in [5.41, 5.74) is 2.61. The van der Waals surface area contributed by atoms with Gasteiger partial charge in [0.25, 0.3) is 0 Å². The van der Waals surface area contributed by atoms with Crippen LogP contribution in [0, 0.1) is 0 Å². The van der Waals surface area contributed by atoms with Crippen molar-refractivity contribution in [3.8, 4) is 0 Å². The van der Waals surface area contributed by atoms with Gasteiger partial charge in [-0.2, -0.15) is 0 Å². The third-order valence-corrected chi connectivity index (χ3v) is 3.15. The molecule has 1 heterocycles. The van der Waals surface area contributed by atoms with Crippen molar-refractivity contribution in [2.24, 2.45) is 0 Å². The van der Waals surface area contributed by atoms with E-state index in [0.29, 0.717) is 11.4 Å². The van der Waals surface area contributed by atoms with Crippen LogP contribution in [0.4, 0.5) is 0 Å². The van der Waals surface area contributed by atoms with Crippen molar-refractivity contribution in [3.63, 3.8) is 0 Å². The van der Waals surface area contributed by atoms with Crippen LogP contribution in [0.25, 0.3) is 0 Å². The van der Waals surface area contributed by atoms with Crippen molar-refractivity contribution in [2.75, 3.05) is 0 Å². The minimum Gasteiger partial charge on any atom is -0.388 e. The molecule has 1 aromatic carbocycles. The van der Waals surface area contributed by atoms with Gasteiger partial charge in [0.1, 0.15) is 0 Å². The number of aliphatic hydroxyl groups excluding tert-OH is 1. The van der Waals surface area contributed by atoms with Gasteiger partial charge in [-0.1, -0.05) is 23.7 Å². The number of aliphatic hydroxyl groups is 1. The monoisotopic (exact) mass is 239 g/mol. The minimum atomic E-state index is -0.510. The predicted octanol–water partition coefficient (Wildman–Crippen LogP) is 3.07. The van der Waals surface area contributed by atoms with Crippen LogP contribution in [0.1, 0.15) is 16.5 Å². The van der Waals surface area contributed by atoms with E-state index in [0.717, 1.165) is 10.4 Å². The van der Waals surface area contributed by atoms with Gasteiger partial charge < -0.3 is 5.11 Å². The maximum absolute atomic E-state index is 9.94. The van der Waals surface area contributed by atoms with E-state index < -0.39 is 6.10 Å². The van der Waals surface area contributed by atoms with E-state index in [4.69, 9.17) is 11.6 Å². The molecule has 2 nitrogen and oxygen atoms in total. The molecule has 0 spiro atoms. The summed E-state index contributed by atoms with van der Waals surface area (Å²) in [4.78, 5) is 5.04. The van der Waals surface area contributed by atoms with Crippen molar-refractivity contribution in [1.82, 2.24) is 4.98 Å². The number of hydrogen-bond acceptors (Lipinski definition) is 3. The zero-order valence-electron chi connectivity index (χ0n) is 7.93. The van der Waals surface area contributed by atoms with E-state index in [1.54, 1.807) is 35.2 Å². The van der Waals surface area contributed by atoms with Gasteiger partial charge in [0.15, 0.2) is 0 Å². The molecule has 1 N–H and O–H groups in total. The zero-order chi connectivity index (χ0) is 10.7. The number of benzene rings is 1. The van der Waals surface area contributed by atoms with Crippen molar-refractivity contribution < 1.29 is 5.11 Å². The number of nitrogens with zero attached hydrogens (tertiary/aromatic N) is 1. The molecule has 0 fully saturated rings. The summed E-state index contributed by atoms with van der Waals surface area (Å²) in [6, 6.07) is 7.29. The fourth-order valence-corrected chi connectivity index (χ4v) is 2.20. The molecule has 15 heavy (non-hydrogen) atoms. The summed E-state index contributed by atoms with van der Waals surface area (Å²) in [6.07, 6.45) is 1.85. The van der Waals surface area contributed by atoms with Crippen LogP contribution in [-0.4, -0.2) is 10.1 Å². The van der Waals surface area contributed by atoms with Gasteiger partial charge in [0.05, 0.1) is 11.6 Å². The first-order valence-corrected chi connectivity index (χ1v) is 5.82. The standard InChI is InChI=1S/C11H10ClNOS/c12-9-3-1-2-8(4-9)11(14)5-10-6-13-7-15-10/h1-4,6-7,11,14H,5H2. The van der Waals surface area contributed by atoms with Crippen molar-refractivity contribution in [3.05, 3.63) is 51.4 Å². The molecule has 0 aliphatic heterocycles. The van der Waals surface area contributed by atoms with Crippen LogP contribution in [0.2, 0.25) is 5.02 Å². The highest BCUT2D eigenvalue weighted by molar-refractivity contribution is 7.09. The Labute approximate surface area is 97.2 Å². The maximum Gasteiger partial charge on any atom is 0.0839 e. The van der Waals surface area contributed by atoms with Gasteiger partial charge in [0, 0.05) is 22.5 Å². The second kappa shape index (κ2) is 4.75. The fourth-order valence-electron chi connectivity index (χ4n) is 1.37. The summed E-state index contributed by atoms with van der Waals surface area (Å²) < 4.78 is 0. The number of rotatable bonds is 3. The number of aromatic nitrogens is 1. The lowest BCUT2D eigenvalue weighted by molar-refractivity contribution is 0.179. The quantitative estimate of drug-likeness (QED) is 0.893. The van der Waals surface area contributed by atoms with E-state index in [2.05, 4.69) is 4.98 Å². The number of hydrogen-bond donors (Lipinski definition) is 1. The molecule has 1 aromatic heterocycles. The summed E-state index contributed by atoms with van der Waals surface area (Å²) in [5.74, 6) is 0. The van der Waals surface area contributed by atoms with E-state index in [1.807, 2.05) is 12.1 Å². The summed E-state index contributed by atoms with van der Waals surface area (Å²) >= 11 is 7.40. The first-order valence-electron chi connectivity index (χ1n) is 4.56. The normalized spacial score (nSPS) is 12.7. The van der Waals surface area contributed by atoms with Crippen LogP contribution in [-0.2, 0) is 6.42 Å². The summed E-state index contributed by atoms with van der Waals surface area (Å²) in [7, 11) is 0. The average molecular weight is 240 g/mol. The zero-order valence-corrected chi connectivity index (χ0v) is 9.50. The highest BCUT2D eigenvalue weighted by Gasteiger charge is 2.09. The lowest BCUT2D eigenvalue weighted by Crippen LogP contribution is -2.00. The minimum absolute atomic E-state index is 0.510. The molecule has 1 atom stereocenters. The van der Waals surface area contributed by atoms with Crippen LogP contribution >= 0.6 is 22.9 Å². The highest BCUT2D eigenvalue weighted by atomic mass is 35.5. The topological polar surface area (TPSA) is 33.1 Å². The molecule has 78 valence electrons. The third-order valence-electron chi connectivity index (χ3n) is 2.11. The Morgan fingerprint density at radius 2 is 2.33 bits per heavy atom. The van der Waals surface area contributed by atoms with Crippen LogP contribution in [0.15, 0.2) is 36.0 Å². The fraction of sp³-hybridized carbons (Fsp3) is 0.182. The van der Waals surface area contributed by atoms with Crippen LogP contribution in [0.3, 0.4) is 0 Å². The molecular formula is C11H10ClNOS. The molecular weight excluding hydrogens is 230 g/mol. The smallest absolute Gasteiger partial charge is 0.0839 e. The SMILES string of the molecule is OC(Cc1cncs1)c1cccc(Cl)c1. The Morgan fingerprint density at radius 1 is 1.47 bits per heavy atom. The van der Waals surface area contributed by atoms with Crippen LogP contribution < -0.4 is 0 Å². The van der Waals surface area contributed by atoms with Crippen molar-refractivity contribution in [1.29, 1.82) is 0 Å². The van der Waals surface area contributed by atoms with Gasteiger partial charge in [-0.15, -0.1) is 11.3 Å². The molecule has 0 bridgehead atoms. The van der Waals surface area contributed by atoms with Crippen LogP contribution in [0.5, 0.6) is 0 Å². The van der Waals surface area contributed by atoms with Crippen molar-refractivity contribution in [2.45, 2.75) is 12.5 Å². The molecule has 0 aliphatic carbocycles. The number of halogens is 1. The van der Waals surface area contributed by atoms with E-state index in [9.17, 15) is 5.11 Å². The molecule has 0 saturated carbocycles. The van der Waals surface area contributed by atoms with Gasteiger partial charge >= 0.3 is 0 Å². The largest absolute Gasteiger partial charge is 0.388 e. The second-order valence-electron chi connectivity index (χ2n) is 3.24. The van der Waals surface area contributed by atoms with Crippen molar-refractivity contribution >= 4 is 22.9 Å². The predicted molar refractivity (Wildman–Crippen MR) is 62.2 cm³/mol. The second-order valence-corrected chi connectivity index (χ2v) is 4.65. The molecule has 2 rings (SSSR count). The van der Waals surface area contributed by atoms with Gasteiger partial charge in [-0.3, -0.25) is 4.98 Å². The van der Waals surface area contributed by atoms with Gasteiger partial charge in [-0.25, -0.2) is 0 Å². The van der Waals surface area contributed by atoms with E-state index >= 15 is 0 Å². The Kier molecular flexibility index (Phi) is 3.36. The lowest BCUT2D eigenvalue weighted by Gasteiger charge is -2.09. The molecule has 0 aliphatic rings. The van der Waals surface area contributed by atoms with Gasteiger partial charge in [0.2, 0.25) is 0 Å². The molecule has 0 saturated heterocycles. The average Bonchev–Trinajstić information content (AvgIpc) is 2.70. The summed E-state index contributed by atoms with van der Waals surface area (Å²) in [5, 5.41) is 10.6. The first kappa shape index (κ1) is 10.6. The molecule has 2 aromatic rings. The molecule has 0 radical (unpaired) electrons. The maximum atomic E-state index is 9.94. The Morgan fingerprint density at radius 3 is 3.00 bits per heavy atom. The Bertz CT molecular complexity index is 430. The molecule has 1 unspecified atom stereocenters. The summed E-state index contributed by atoms with van der Waals surface area (Å²) in [6.45, 7) is 0. The third kappa shape index (κ3) is 2.78. The first-order chi connectivity index (χ1) is 7.25. The molecule has 0 amide bonds. The van der Waals surface area contributed by atoms with E-state index in [-0.39, 0.29) is 0 Å². The van der Waals surface area contributed by atoms with E-state index in [1.165, 1.54) is 0 Å². The lowest BCUT2D eigenvalue weighted by atomic mass is 10.1. The Balaban J connectivity index is 2.11. The highest BCUT2D eigenvalue weighted by Crippen LogP contribution is 2.22. The molecule has 4 heteroatoms. The number of thiazole rings is 1. The Hall–Kier alpha value is -0.900. The van der Waals surface area contributed by atoms with Gasteiger partial charge in [-0.05, 0) is 17.7 Å².